The van der Waals surface area contributed by atoms with Gasteiger partial charge in [-0.2, -0.15) is 27.1 Å². The van der Waals surface area contributed by atoms with Gasteiger partial charge in [-0.1, -0.05) is 16.1 Å². The average molecular weight is 767 g/mol. The molecular formula is C23H19N4O16PS4. The van der Waals surface area contributed by atoms with Crippen LogP contribution in [0.2, 0.25) is 0 Å². The number of fused-ring (bicyclic) bond motifs is 1. The van der Waals surface area contributed by atoms with Gasteiger partial charge in [-0.05, 0) is 66.4 Å². The Bertz CT molecular complexity index is 2210. The molecule has 25 heteroatoms. The molecule has 0 aliphatic heterocycles. The first kappa shape index (κ1) is 37.4. The fraction of sp³-hybridized carbons (Fsp3) is 0.0435. The molecule has 0 atom stereocenters. The Morgan fingerprint density at radius 3 is 2.02 bits per heavy atom. The number of phenolic OH excluding ortho intramolecular Hbond substituents is 1. The van der Waals surface area contributed by atoms with Gasteiger partial charge in [0, 0.05) is 5.39 Å². The van der Waals surface area contributed by atoms with Crippen LogP contribution in [-0.2, 0) is 43.5 Å². The van der Waals surface area contributed by atoms with E-state index < -0.39 is 54.7 Å². The normalized spacial score (nSPS) is 12.9. The van der Waals surface area contributed by atoms with E-state index in [1.54, 1.807) is 0 Å². The van der Waals surface area contributed by atoms with Gasteiger partial charge in [0.1, 0.15) is 16.3 Å². The maximum absolute atomic E-state index is 12.3. The molecule has 0 amide bonds. The molecule has 4 aromatic rings. The van der Waals surface area contributed by atoms with Crippen molar-refractivity contribution >= 4 is 90.7 Å². The van der Waals surface area contributed by atoms with Crippen LogP contribution in [0.4, 0.5) is 22.7 Å². The van der Waals surface area contributed by atoms with Gasteiger partial charge in [0.25, 0.3) is 20.2 Å². The lowest BCUT2D eigenvalue weighted by atomic mass is 10.1. The van der Waals surface area contributed by atoms with E-state index in [-0.39, 0.29) is 66.9 Å². The average Bonchev–Trinajstić information content (AvgIpc) is 3.00. The quantitative estimate of drug-likeness (QED) is 0.0210. The van der Waals surface area contributed by atoms with Crippen molar-refractivity contribution in [3.8, 4) is 5.75 Å². The van der Waals surface area contributed by atoms with E-state index in [1.165, 1.54) is 25.1 Å². The molecule has 0 bridgehead atoms. The number of rotatable bonds is 13. The van der Waals surface area contributed by atoms with Crippen molar-refractivity contribution in [2.45, 2.75) is 26.5 Å². The highest BCUT2D eigenvalue weighted by Gasteiger charge is 2.24. The summed E-state index contributed by atoms with van der Waals surface area (Å²) in [5.41, 5.74) is -0.860. The SMILES string of the molecule is Cc1cc(/N=N/c2c(SOOO)cc3cc(S(=O)(=O)O)cc(SOOO)c3c2O)c(S(=O)(=O)O)cc1/N=N/c1cccc(P(=O)(O)O)c1. The van der Waals surface area contributed by atoms with Crippen LogP contribution in [0.5, 0.6) is 5.75 Å². The third-order valence-corrected chi connectivity index (χ3v) is 9.86. The van der Waals surface area contributed by atoms with E-state index in [0.717, 1.165) is 36.4 Å². The van der Waals surface area contributed by atoms with Crippen molar-refractivity contribution in [1.29, 1.82) is 0 Å². The van der Waals surface area contributed by atoms with E-state index in [4.69, 9.17) is 10.5 Å². The zero-order valence-electron chi connectivity index (χ0n) is 23.4. The van der Waals surface area contributed by atoms with Crippen LogP contribution in [0.15, 0.2) is 94.6 Å². The Balaban J connectivity index is 1.87. The van der Waals surface area contributed by atoms with E-state index in [1.807, 2.05) is 0 Å². The minimum atomic E-state index is -5.03. The summed E-state index contributed by atoms with van der Waals surface area (Å²) in [6.07, 6.45) is 0. The molecule has 0 saturated carbocycles. The number of azo groups is 2. The van der Waals surface area contributed by atoms with Gasteiger partial charge in [-0.25, -0.2) is 10.5 Å². The van der Waals surface area contributed by atoms with Crippen LogP contribution in [0, 0.1) is 6.92 Å². The van der Waals surface area contributed by atoms with Crippen LogP contribution in [0.25, 0.3) is 10.8 Å². The second-order valence-electron chi connectivity index (χ2n) is 9.06. The Hall–Kier alpha value is -3.43. The summed E-state index contributed by atoms with van der Waals surface area (Å²) < 4.78 is 88.2. The second-order valence-corrected chi connectivity index (χ2v) is 15.0. The monoisotopic (exact) mass is 766 g/mol. The van der Waals surface area contributed by atoms with Crippen molar-refractivity contribution in [3.63, 3.8) is 0 Å². The Morgan fingerprint density at radius 1 is 0.771 bits per heavy atom. The largest absolute Gasteiger partial charge is 0.505 e. The molecule has 0 spiro atoms. The summed E-state index contributed by atoms with van der Waals surface area (Å²) in [7, 11) is -14.5. The highest BCUT2D eigenvalue weighted by molar-refractivity contribution is 7.95. The van der Waals surface area contributed by atoms with Crippen molar-refractivity contribution in [2.75, 3.05) is 0 Å². The summed E-state index contributed by atoms with van der Waals surface area (Å²) >= 11 is 0.428. The van der Waals surface area contributed by atoms with E-state index >= 15 is 0 Å². The number of aromatic hydroxyl groups is 1. The lowest BCUT2D eigenvalue weighted by molar-refractivity contribution is -0.432. The molecule has 20 nitrogen and oxygen atoms in total. The summed E-state index contributed by atoms with van der Waals surface area (Å²) in [6, 6.07) is 9.84. The predicted molar refractivity (Wildman–Crippen MR) is 164 cm³/mol. The Labute approximate surface area is 277 Å². The van der Waals surface area contributed by atoms with Gasteiger partial charge >= 0.3 is 7.60 Å². The maximum atomic E-state index is 12.3. The molecule has 7 N–H and O–H groups in total. The van der Waals surface area contributed by atoms with Crippen LogP contribution >= 0.6 is 31.7 Å². The molecule has 48 heavy (non-hydrogen) atoms. The molecule has 0 saturated heterocycles. The van der Waals surface area contributed by atoms with Gasteiger partial charge in [0.05, 0.1) is 55.5 Å². The number of hydrogen-bond donors (Lipinski definition) is 7. The van der Waals surface area contributed by atoms with Crippen molar-refractivity contribution in [1.82, 2.24) is 0 Å². The molecule has 0 aliphatic rings. The summed E-state index contributed by atoms with van der Waals surface area (Å²) in [4.78, 5) is 16.8. The highest BCUT2D eigenvalue weighted by atomic mass is 32.2. The van der Waals surface area contributed by atoms with Crippen molar-refractivity contribution < 1.29 is 74.7 Å². The van der Waals surface area contributed by atoms with Gasteiger partial charge in [-0.3, -0.25) is 13.7 Å². The fourth-order valence-electron chi connectivity index (χ4n) is 3.91. The zero-order chi connectivity index (χ0) is 35.4. The molecule has 0 aromatic heterocycles. The first-order chi connectivity index (χ1) is 22.4. The standard InChI is InChI=1S/C23H19N4O16PS4/c1-11-5-17(20(48(37,38)39)10-16(11)25-24-13-3-2-4-14(8-13)44(31,32)33)26-27-22-19(46-43-41-30)7-12-6-15(47(34,35)36)9-18(45-42-40-29)21(12)23(22)28/h2-10,28-30H,1H3,(H2,31,32,33)(H,34,35,36)(H,37,38,39)/b25-24+,27-26+. The summed E-state index contributed by atoms with van der Waals surface area (Å²) in [6.45, 7) is 1.45. The van der Waals surface area contributed by atoms with Crippen LogP contribution in [0.1, 0.15) is 5.56 Å². The number of benzene rings is 4. The minimum Gasteiger partial charge on any atom is -0.505 e. The minimum absolute atomic E-state index is 0.00970. The van der Waals surface area contributed by atoms with E-state index in [2.05, 4.69) is 39.2 Å². The van der Waals surface area contributed by atoms with Crippen LogP contribution < -0.4 is 5.30 Å². The Kier molecular flexibility index (Phi) is 11.7. The number of hydrogen-bond acceptors (Lipinski definition) is 18. The summed E-state index contributed by atoms with van der Waals surface area (Å²) in [5, 5.41) is 50.4. The van der Waals surface area contributed by atoms with Gasteiger partial charge in [0.15, 0.2) is 5.75 Å². The fourth-order valence-corrected chi connectivity index (χ4v) is 6.80. The smallest absolute Gasteiger partial charge is 0.356 e. The molecule has 4 aromatic carbocycles. The zero-order valence-corrected chi connectivity index (χ0v) is 27.5. The topological polar surface area (TPSA) is 313 Å². The molecule has 0 heterocycles. The van der Waals surface area contributed by atoms with Gasteiger partial charge in [-0.15, -0.1) is 18.9 Å². The Morgan fingerprint density at radius 2 is 1.42 bits per heavy atom. The third-order valence-electron chi connectivity index (χ3n) is 5.95. The molecule has 0 radical (unpaired) electrons. The third kappa shape index (κ3) is 8.97. The van der Waals surface area contributed by atoms with E-state index in [0.29, 0.717) is 0 Å². The van der Waals surface area contributed by atoms with Crippen molar-refractivity contribution in [3.05, 3.63) is 60.2 Å². The van der Waals surface area contributed by atoms with Gasteiger partial charge < -0.3 is 14.9 Å². The summed E-state index contributed by atoms with van der Waals surface area (Å²) in [5.74, 6) is -0.778. The van der Waals surface area contributed by atoms with E-state index in [9.17, 15) is 45.4 Å². The molecule has 256 valence electrons. The first-order valence-corrected chi connectivity index (χ1v) is 18.1. The number of nitrogens with zero attached hydrogens (tertiary/aromatic N) is 4. The number of phenols is 1. The molecule has 0 fully saturated rings. The predicted octanol–water partition coefficient (Wildman–Crippen LogP) is 5.84. The highest BCUT2D eigenvalue weighted by Crippen LogP contribution is 2.48. The van der Waals surface area contributed by atoms with Gasteiger partial charge in [0.2, 0.25) is 0 Å². The molecule has 4 rings (SSSR count). The van der Waals surface area contributed by atoms with Crippen LogP contribution in [0.3, 0.4) is 0 Å². The molecular weight excluding hydrogens is 748 g/mol. The second kappa shape index (κ2) is 15.0. The van der Waals surface area contributed by atoms with Crippen LogP contribution in [-0.4, -0.2) is 51.3 Å². The lowest BCUT2D eigenvalue weighted by Gasteiger charge is -2.13. The first-order valence-electron chi connectivity index (χ1n) is 12.2. The maximum Gasteiger partial charge on any atom is 0.356 e. The lowest BCUT2D eigenvalue weighted by Crippen LogP contribution is -2.01. The molecule has 0 aliphatic carbocycles. The van der Waals surface area contributed by atoms with Crippen molar-refractivity contribution in [2.24, 2.45) is 20.5 Å². The molecule has 0 unspecified atom stereocenters. The number of aryl methyl sites for hydroxylation is 1.